The molecule has 4 aliphatic rings. The minimum atomic E-state index is -0.963. The Morgan fingerprint density at radius 3 is 2.59 bits per heavy atom. The van der Waals surface area contributed by atoms with Crippen molar-refractivity contribution in [3.8, 4) is 28.6 Å². The van der Waals surface area contributed by atoms with E-state index >= 15 is 13.2 Å². The second-order valence-corrected chi connectivity index (χ2v) is 12.8. The van der Waals surface area contributed by atoms with Crippen LogP contribution < -0.4 is 19.7 Å². The van der Waals surface area contributed by atoms with Crippen molar-refractivity contribution in [3.05, 3.63) is 47.8 Å². The number of aromatic nitrogens is 2. The predicted molar refractivity (Wildman–Crippen MR) is 169 cm³/mol. The van der Waals surface area contributed by atoms with Crippen molar-refractivity contribution in [2.45, 2.75) is 55.9 Å². The Balaban J connectivity index is 0.00000338. The largest absolute Gasteiger partial charge is 0.508 e. The van der Waals surface area contributed by atoms with Gasteiger partial charge in [-0.05, 0) is 55.8 Å². The Morgan fingerprint density at radius 1 is 1.04 bits per heavy atom. The summed E-state index contributed by atoms with van der Waals surface area (Å²) in [6.45, 7) is 2.27. The number of ether oxygens (including phenoxy) is 2. The number of hydrogen-bond donors (Lipinski definition) is 2. The number of hydrogen-bond acceptors (Lipinski definition) is 8. The van der Waals surface area contributed by atoms with Gasteiger partial charge in [-0.25, -0.2) is 17.6 Å². The summed E-state index contributed by atoms with van der Waals surface area (Å²) in [7, 11) is 1.21. The van der Waals surface area contributed by atoms with Crippen LogP contribution in [0.3, 0.4) is 0 Å². The van der Waals surface area contributed by atoms with Gasteiger partial charge in [0.05, 0.1) is 23.6 Å². The summed E-state index contributed by atoms with van der Waals surface area (Å²) in [6.07, 6.45) is 2.95. The fraction of sp³-hybridized carbons (Fsp3) is 0.455. The summed E-state index contributed by atoms with van der Waals surface area (Å²) in [5.74, 6) is -3.06. The third-order valence-corrected chi connectivity index (χ3v) is 10.1. The number of phenols is 1. The second kappa shape index (κ2) is 11.6. The Morgan fingerprint density at radius 2 is 1.83 bits per heavy atom. The molecule has 1 aromatic heterocycles. The minimum Gasteiger partial charge on any atom is -0.508 e. The van der Waals surface area contributed by atoms with E-state index in [2.05, 4.69) is 20.2 Å². The Labute approximate surface area is 269 Å². The highest BCUT2D eigenvalue weighted by atomic mass is 35.5. The monoisotopic (exact) mass is 659 g/mol. The molecule has 4 fully saturated rings. The lowest BCUT2D eigenvalue weighted by Crippen LogP contribution is -2.51. The molecule has 2 N–H and O–H groups in total. The van der Waals surface area contributed by atoms with Gasteiger partial charge >= 0.3 is 6.01 Å². The fourth-order valence-corrected chi connectivity index (χ4v) is 8.14. The molecular formula is C33H34ClF4N5O3. The first-order chi connectivity index (χ1) is 21.7. The van der Waals surface area contributed by atoms with Gasteiger partial charge in [-0.2, -0.15) is 9.97 Å². The van der Waals surface area contributed by atoms with Crippen LogP contribution in [0, 0.1) is 17.5 Å². The first-order valence-corrected chi connectivity index (χ1v) is 15.5. The van der Waals surface area contributed by atoms with Crippen molar-refractivity contribution in [2.75, 3.05) is 44.8 Å². The fourth-order valence-electron chi connectivity index (χ4n) is 8.14. The van der Waals surface area contributed by atoms with E-state index in [-0.39, 0.29) is 76.1 Å². The number of halogens is 5. The zero-order valence-electron chi connectivity index (χ0n) is 25.2. The number of anilines is 1. The lowest BCUT2D eigenvalue weighted by molar-refractivity contribution is 0.107. The molecule has 0 amide bonds. The van der Waals surface area contributed by atoms with Crippen LogP contribution in [0.2, 0.25) is 0 Å². The average Bonchev–Trinajstić information content (AvgIpc) is 3.67. The highest BCUT2D eigenvalue weighted by Crippen LogP contribution is 2.47. The summed E-state index contributed by atoms with van der Waals surface area (Å²) >= 11 is 0. The van der Waals surface area contributed by atoms with E-state index in [1.54, 1.807) is 6.07 Å². The minimum absolute atomic E-state index is 0. The molecular weight excluding hydrogens is 626 g/mol. The number of nitrogens with zero attached hydrogens (tertiary/aromatic N) is 4. The molecule has 4 atom stereocenters. The molecule has 2 bridgehead atoms. The molecule has 0 spiro atoms. The van der Waals surface area contributed by atoms with E-state index in [9.17, 15) is 9.50 Å². The number of methoxy groups -OCH3 is 1. The van der Waals surface area contributed by atoms with Crippen molar-refractivity contribution in [1.29, 1.82) is 0 Å². The molecule has 0 saturated carbocycles. The zero-order valence-corrected chi connectivity index (χ0v) is 26.0. The Kier molecular flexibility index (Phi) is 7.80. The van der Waals surface area contributed by atoms with Gasteiger partial charge in [0.25, 0.3) is 0 Å². The lowest BCUT2D eigenvalue weighted by Gasteiger charge is -2.35. The van der Waals surface area contributed by atoms with Crippen molar-refractivity contribution < 1.29 is 32.1 Å². The van der Waals surface area contributed by atoms with Gasteiger partial charge in [0.2, 0.25) is 0 Å². The number of benzene rings is 3. The van der Waals surface area contributed by atoms with Crippen LogP contribution in [0.15, 0.2) is 30.3 Å². The van der Waals surface area contributed by atoms with Crippen molar-refractivity contribution >= 4 is 39.9 Å². The second-order valence-electron chi connectivity index (χ2n) is 12.8. The molecule has 4 aliphatic heterocycles. The van der Waals surface area contributed by atoms with Gasteiger partial charge in [0.15, 0.2) is 17.4 Å². The molecule has 5 heterocycles. The molecule has 13 heteroatoms. The number of fused-ring (bicyclic) bond motifs is 5. The lowest BCUT2D eigenvalue weighted by atomic mass is 9.94. The van der Waals surface area contributed by atoms with Gasteiger partial charge in [0.1, 0.15) is 35.7 Å². The van der Waals surface area contributed by atoms with Crippen LogP contribution in [-0.2, 0) is 0 Å². The highest BCUT2D eigenvalue weighted by Gasteiger charge is 2.49. The highest BCUT2D eigenvalue weighted by molar-refractivity contribution is 6.04. The Hall–Kier alpha value is -3.61. The molecule has 0 radical (unpaired) electrons. The maximum Gasteiger partial charge on any atom is 0.319 e. The SMILES string of the molecule is COc1c(-c2cc(O)cc3cccc(F)c23)c(F)c2nc(OC[C@@]34CCCN3C[C@H](F)C4)nc(N3C[C@H]4CC[C@@H](C3)N4)c2c1F.Cl. The third-order valence-electron chi connectivity index (χ3n) is 10.1. The number of phenolic OH excluding ortho intramolecular Hbond substituents is 1. The van der Waals surface area contributed by atoms with E-state index in [0.717, 1.165) is 32.2 Å². The van der Waals surface area contributed by atoms with Crippen LogP contribution in [0.5, 0.6) is 17.5 Å². The molecule has 4 saturated heterocycles. The smallest absolute Gasteiger partial charge is 0.319 e. The van der Waals surface area contributed by atoms with E-state index in [4.69, 9.17) is 9.47 Å². The van der Waals surface area contributed by atoms with Gasteiger partial charge in [-0.15, -0.1) is 12.4 Å². The molecule has 3 aromatic carbocycles. The molecule has 4 aromatic rings. The molecule has 8 rings (SSSR count). The third kappa shape index (κ3) is 4.87. The van der Waals surface area contributed by atoms with Crippen LogP contribution >= 0.6 is 12.4 Å². The predicted octanol–water partition coefficient (Wildman–Crippen LogP) is 5.90. The normalized spacial score (nSPS) is 25.7. The first kappa shape index (κ1) is 31.0. The van der Waals surface area contributed by atoms with Gasteiger partial charge in [0, 0.05) is 49.1 Å². The zero-order chi connectivity index (χ0) is 31.0. The average molecular weight is 660 g/mol. The van der Waals surface area contributed by atoms with Gasteiger partial charge in [-0.3, -0.25) is 4.90 Å². The van der Waals surface area contributed by atoms with Crippen LogP contribution in [0.4, 0.5) is 23.4 Å². The summed E-state index contributed by atoms with van der Waals surface area (Å²) in [4.78, 5) is 13.1. The van der Waals surface area contributed by atoms with E-state index in [1.807, 2.05) is 4.90 Å². The summed E-state index contributed by atoms with van der Waals surface area (Å²) in [5.41, 5.74) is -1.31. The number of alkyl halides is 1. The van der Waals surface area contributed by atoms with Gasteiger partial charge in [-0.1, -0.05) is 12.1 Å². The van der Waals surface area contributed by atoms with Crippen LogP contribution in [-0.4, -0.2) is 83.7 Å². The maximum atomic E-state index is 17.0. The van der Waals surface area contributed by atoms with E-state index < -0.39 is 34.9 Å². The summed E-state index contributed by atoms with van der Waals surface area (Å²) < 4.78 is 75.1. The quantitative estimate of drug-likeness (QED) is 0.248. The Bertz CT molecular complexity index is 1840. The topological polar surface area (TPSA) is 83.0 Å². The molecule has 244 valence electrons. The van der Waals surface area contributed by atoms with Crippen LogP contribution in [0.1, 0.15) is 32.1 Å². The first-order valence-electron chi connectivity index (χ1n) is 15.5. The number of piperazine rings is 1. The van der Waals surface area contributed by atoms with Gasteiger partial charge < -0.3 is 24.8 Å². The van der Waals surface area contributed by atoms with Crippen LogP contribution in [0.25, 0.3) is 32.8 Å². The standard InChI is InChI=1S/C33H33F4N5O3.ClH/c1-44-30-25(22-11-21(43)10-17-4-2-5-23(35)24(17)22)27(36)29-26(28(30)37)31(41-14-19-6-7-20(15-41)38-19)40-32(39-29)45-16-33-8-3-9-42(33)13-18(34)12-33;/h2,4-5,10-11,18-20,38,43H,3,6-9,12-16H2,1H3;1H/t18-,19-,20+,33+;/m1./s1. The van der Waals surface area contributed by atoms with Crippen molar-refractivity contribution in [2.24, 2.45) is 0 Å². The summed E-state index contributed by atoms with van der Waals surface area (Å²) in [6, 6.07) is 6.99. The molecule has 0 unspecified atom stereocenters. The van der Waals surface area contributed by atoms with Crippen molar-refractivity contribution in [3.63, 3.8) is 0 Å². The number of rotatable bonds is 6. The summed E-state index contributed by atoms with van der Waals surface area (Å²) in [5, 5.41) is 14.2. The number of aromatic hydroxyl groups is 1. The number of nitrogens with one attached hydrogen (secondary N) is 1. The van der Waals surface area contributed by atoms with E-state index in [1.165, 1.54) is 31.4 Å². The molecule has 0 aliphatic carbocycles. The maximum absolute atomic E-state index is 17.0. The molecule has 46 heavy (non-hydrogen) atoms. The van der Waals surface area contributed by atoms with E-state index in [0.29, 0.717) is 31.4 Å². The van der Waals surface area contributed by atoms with Crippen molar-refractivity contribution in [1.82, 2.24) is 20.2 Å². The molecule has 8 nitrogen and oxygen atoms in total.